The second-order valence-corrected chi connectivity index (χ2v) is 18.9. The number of ether oxygens (including phenoxy) is 2. The molecule has 330 valence electrons. The summed E-state index contributed by atoms with van der Waals surface area (Å²) in [4.78, 5) is 68.7. The van der Waals surface area contributed by atoms with E-state index < -0.39 is 52.6 Å². The molecule has 12 nitrogen and oxygen atoms in total. The molecule has 2 N–H and O–H groups in total. The summed E-state index contributed by atoms with van der Waals surface area (Å²) in [7, 11) is 0. The van der Waals surface area contributed by atoms with Gasteiger partial charge in [0.1, 0.15) is 32.7 Å². The number of benzene rings is 5. The van der Waals surface area contributed by atoms with Gasteiger partial charge in [-0.3, -0.25) is 19.8 Å². The zero-order chi connectivity index (χ0) is 45.7. The average Bonchev–Trinajstić information content (AvgIpc) is 3.67. The van der Waals surface area contributed by atoms with Crippen molar-refractivity contribution in [3.05, 3.63) is 201 Å². The highest BCUT2D eigenvalue weighted by molar-refractivity contribution is 8.00. The van der Waals surface area contributed by atoms with Crippen LogP contribution in [0.1, 0.15) is 67.3 Å². The summed E-state index contributed by atoms with van der Waals surface area (Å²) in [5.41, 5.74) is 1.70. The first kappa shape index (κ1) is 44.9. The van der Waals surface area contributed by atoms with Crippen molar-refractivity contribution in [2.45, 2.75) is 56.4 Å². The van der Waals surface area contributed by atoms with Gasteiger partial charge in [-0.05, 0) is 44.4 Å². The number of thiazole rings is 1. The number of nitrogens with zero attached hydrogens (tertiary/aromatic N) is 3. The molecule has 1 fully saturated rings. The maximum Gasteiger partial charge on any atom is 0.413 e. The second-order valence-electron chi connectivity index (χ2n) is 16.2. The Bertz CT molecular complexity index is 2610. The Hall–Kier alpha value is -6.74. The number of hydrogen-bond acceptors (Lipinski definition) is 11. The molecule has 65 heavy (non-hydrogen) atoms. The summed E-state index contributed by atoms with van der Waals surface area (Å²) in [6.45, 7) is 6.95. The molecular formula is C50H44ClN5O7S2. The van der Waals surface area contributed by atoms with Gasteiger partial charge < -0.3 is 19.6 Å². The van der Waals surface area contributed by atoms with E-state index in [1.165, 1.54) is 16.7 Å². The van der Waals surface area contributed by atoms with E-state index in [4.69, 9.17) is 25.9 Å². The lowest BCUT2D eigenvalue weighted by Crippen LogP contribution is -2.71. The number of carbonyl (C=O) groups excluding carboxylic acids is 4. The Morgan fingerprint density at radius 1 is 0.785 bits per heavy atom. The summed E-state index contributed by atoms with van der Waals surface area (Å²) in [5, 5.41) is 9.40. The lowest BCUT2D eigenvalue weighted by molar-refractivity contribution is -0.154. The van der Waals surface area contributed by atoms with Crippen molar-refractivity contribution >= 4 is 69.4 Å². The van der Waals surface area contributed by atoms with Crippen LogP contribution in [0.25, 0.3) is 0 Å². The molecule has 1 aromatic heterocycles. The van der Waals surface area contributed by atoms with Crippen molar-refractivity contribution in [2.24, 2.45) is 5.16 Å². The Morgan fingerprint density at radius 3 is 1.77 bits per heavy atom. The fourth-order valence-corrected chi connectivity index (χ4v) is 9.92. The number of esters is 1. The molecule has 2 aliphatic rings. The minimum atomic E-state index is -1.41. The molecule has 3 heterocycles. The van der Waals surface area contributed by atoms with Crippen LogP contribution < -0.4 is 10.6 Å². The molecule has 1 saturated heterocycles. The second kappa shape index (κ2) is 19.2. The molecule has 0 bridgehead atoms. The van der Waals surface area contributed by atoms with Gasteiger partial charge in [-0.2, -0.15) is 0 Å². The third kappa shape index (κ3) is 9.56. The zero-order valence-corrected chi connectivity index (χ0v) is 38.2. The Labute approximate surface area is 389 Å². The first-order valence-corrected chi connectivity index (χ1v) is 22.9. The van der Waals surface area contributed by atoms with Crippen LogP contribution in [0.2, 0.25) is 4.34 Å². The number of nitrogens with one attached hydrogen (secondary N) is 2. The van der Waals surface area contributed by atoms with Gasteiger partial charge in [0.15, 0.2) is 16.9 Å². The number of halogens is 1. The van der Waals surface area contributed by atoms with Crippen LogP contribution in [-0.2, 0) is 34.3 Å². The van der Waals surface area contributed by atoms with Crippen LogP contribution in [0.15, 0.2) is 168 Å². The van der Waals surface area contributed by atoms with Crippen LogP contribution in [0.3, 0.4) is 0 Å². The van der Waals surface area contributed by atoms with Gasteiger partial charge in [-0.1, -0.05) is 180 Å². The topological polar surface area (TPSA) is 149 Å². The fourth-order valence-electron chi connectivity index (χ4n) is 7.59. The van der Waals surface area contributed by atoms with E-state index in [0.29, 0.717) is 28.0 Å². The fraction of sp³-hybridized carbons (Fsp3) is 0.200. The molecule has 6 aromatic rings. The van der Waals surface area contributed by atoms with Gasteiger partial charge >= 0.3 is 12.1 Å². The quantitative estimate of drug-likeness (QED) is 0.0380. The SMILES string of the molecule is CC1=C(C(=O)OC(c2ccccc2)c2ccccc2)N2C(=O)C(NC(=O)/C(=N/OC(c3ccccc3)(c3ccccc3)c3ccccc3)c3nc(NC(=O)OC(C)(C)C)sc3Cl)C2SC1. The molecule has 2 aliphatic heterocycles. The van der Waals surface area contributed by atoms with E-state index in [1.54, 1.807) is 27.7 Å². The lowest BCUT2D eigenvalue weighted by atomic mass is 9.80. The standard InChI is InChI=1S/C50H44ClN5O7S2/c1-31-30-64-45-39(44(58)56(45)40(31)46(59)61-41(32-20-10-5-11-21-32)33-22-12-6-13-23-33)52-43(57)38(37-42(51)65-47(53-37)54-48(60)62-49(2,3)4)55-63-50(34-24-14-7-15-25-34,35-26-16-8-17-27-35)36-28-18-9-19-29-36/h5-29,39,41,45H,30H2,1-4H3,(H,52,57)(H,53,54,60)/b55-38+. The first-order valence-electron chi connectivity index (χ1n) is 20.7. The number of fused-ring (bicyclic) bond motifs is 1. The Kier molecular flexibility index (Phi) is 13.2. The number of β-lactam (4-membered cyclic amide) rings is 1. The molecule has 0 radical (unpaired) electrons. The van der Waals surface area contributed by atoms with E-state index in [2.05, 4.69) is 20.8 Å². The summed E-state index contributed by atoms with van der Waals surface area (Å²) < 4.78 is 11.6. The zero-order valence-electron chi connectivity index (χ0n) is 35.8. The van der Waals surface area contributed by atoms with E-state index in [0.717, 1.165) is 22.5 Å². The van der Waals surface area contributed by atoms with Crippen molar-refractivity contribution in [3.8, 4) is 0 Å². The number of oxime groups is 1. The first-order chi connectivity index (χ1) is 31.3. The number of aromatic nitrogens is 1. The van der Waals surface area contributed by atoms with Crippen molar-refractivity contribution < 1.29 is 33.5 Å². The number of carbonyl (C=O) groups is 4. The van der Waals surface area contributed by atoms with Crippen LogP contribution in [0, 0.1) is 0 Å². The molecule has 0 spiro atoms. The third-order valence-corrected chi connectivity index (χ3v) is 13.1. The van der Waals surface area contributed by atoms with Crippen LogP contribution in [0.4, 0.5) is 9.93 Å². The highest BCUT2D eigenvalue weighted by Crippen LogP contribution is 2.43. The molecule has 0 aliphatic carbocycles. The Morgan fingerprint density at radius 2 is 1.28 bits per heavy atom. The molecular weight excluding hydrogens is 882 g/mol. The van der Waals surface area contributed by atoms with Gasteiger partial charge in [-0.25, -0.2) is 14.6 Å². The van der Waals surface area contributed by atoms with Crippen molar-refractivity contribution in [1.82, 2.24) is 15.2 Å². The summed E-state index contributed by atoms with van der Waals surface area (Å²) in [5.74, 6) is -1.65. The van der Waals surface area contributed by atoms with E-state index in [-0.39, 0.29) is 26.6 Å². The van der Waals surface area contributed by atoms with Gasteiger partial charge in [-0.15, -0.1) is 11.8 Å². The molecule has 2 atom stereocenters. The summed E-state index contributed by atoms with van der Waals surface area (Å²) in [6.07, 6.45) is -1.52. The smallest absolute Gasteiger partial charge is 0.413 e. The number of amides is 3. The van der Waals surface area contributed by atoms with Gasteiger partial charge in [0, 0.05) is 22.4 Å². The highest BCUT2D eigenvalue weighted by atomic mass is 35.5. The monoisotopic (exact) mass is 925 g/mol. The summed E-state index contributed by atoms with van der Waals surface area (Å²) in [6, 6.07) is 46.0. The van der Waals surface area contributed by atoms with Gasteiger partial charge in [0.05, 0.1) is 0 Å². The van der Waals surface area contributed by atoms with Crippen molar-refractivity contribution in [3.63, 3.8) is 0 Å². The minimum absolute atomic E-state index is 0.00173. The highest BCUT2D eigenvalue weighted by Gasteiger charge is 2.55. The number of rotatable bonds is 13. The predicted molar refractivity (Wildman–Crippen MR) is 252 cm³/mol. The summed E-state index contributed by atoms with van der Waals surface area (Å²) >= 11 is 9.12. The molecule has 3 amide bonds. The van der Waals surface area contributed by atoms with Crippen LogP contribution in [-0.4, -0.2) is 62.2 Å². The van der Waals surface area contributed by atoms with E-state index in [1.807, 2.05) is 152 Å². The van der Waals surface area contributed by atoms with Crippen molar-refractivity contribution in [1.29, 1.82) is 0 Å². The van der Waals surface area contributed by atoms with Crippen LogP contribution >= 0.6 is 34.7 Å². The van der Waals surface area contributed by atoms with E-state index >= 15 is 0 Å². The third-order valence-electron chi connectivity index (χ3n) is 10.5. The van der Waals surface area contributed by atoms with Crippen LogP contribution in [0.5, 0.6) is 0 Å². The Balaban J connectivity index is 1.13. The minimum Gasteiger partial charge on any atom is -0.448 e. The number of anilines is 1. The predicted octanol–water partition coefficient (Wildman–Crippen LogP) is 9.86. The molecule has 2 unspecified atom stereocenters. The molecule has 15 heteroatoms. The molecule has 5 aromatic carbocycles. The normalized spacial score (nSPS) is 16.3. The number of hydrogen-bond donors (Lipinski definition) is 2. The maximum absolute atomic E-state index is 14.8. The largest absolute Gasteiger partial charge is 0.448 e. The average molecular weight is 927 g/mol. The number of thioether (sulfide) groups is 1. The van der Waals surface area contributed by atoms with Gasteiger partial charge in [0.2, 0.25) is 5.60 Å². The van der Waals surface area contributed by atoms with E-state index in [9.17, 15) is 19.2 Å². The molecule has 8 rings (SSSR count). The molecule has 0 saturated carbocycles. The van der Waals surface area contributed by atoms with Crippen molar-refractivity contribution in [2.75, 3.05) is 11.1 Å². The van der Waals surface area contributed by atoms with Gasteiger partial charge in [0.25, 0.3) is 11.8 Å². The maximum atomic E-state index is 14.8. The lowest BCUT2D eigenvalue weighted by Gasteiger charge is -2.49.